The lowest BCUT2D eigenvalue weighted by atomic mass is 10.1. The predicted octanol–water partition coefficient (Wildman–Crippen LogP) is 2.15. The summed E-state index contributed by atoms with van der Waals surface area (Å²) in [6.07, 6.45) is 3.91. The highest BCUT2D eigenvalue weighted by molar-refractivity contribution is 5.76. The second-order valence-corrected chi connectivity index (χ2v) is 5.61. The Bertz CT molecular complexity index is 484. The number of benzene rings is 1. The molecule has 1 heterocycles. The molecule has 5 heteroatoms. The van der Waals surface area contributed by atoms with Gasteiger partial charge in [-0.2, -0.15) is 0 Å². The van der Waals surface area contributed by atoms with Crippen molar-refractivity contribution in [3.05, 3.63) is 23.8 Å². The largest absolute Gasteiger partial charge is 0.508 e. The van der Waals surface area contributed by atoms with Crippen molar-refractivity contribution < 1.29 is 15.0 Å². The molecule has 1 aromatic carbocycles. The lowest BCUT2D eigenvalue weighted by molar-refractivity contribution is -0.132. The van der Waals surface area contributed by atoms with Crippen molar-refractivity contribution in [3.8, 4) is 11.5 Å². The second-order valence-electron chi connectivity index (χ2n) is 5.61. The summed E-state index contributed by atoms with van der Waals surface area (Å²) in [6, 6.07) is 4.49. The molecule has 0 radical (unpaired) electrons. The molecule has 116 valence electrons. The van der Waals surface area contributed by atoms with Crippen molar-refractivity contribution in [1.29, 1.82) is 0 Å². The first kappa shape index (κ1) is 15.6. The Labute approximate surface area is 125 Å². The number of rotatable bonds is 5. The van der Waals surface area contributed by atoms with Crippen LogP contribution in [0, 0.1) is 0 Å². The first-order valence-corrected chi connectivity index (χ1v) is 7.61. The topological polar surface area (TPSA) is 72.8 Å². The predicted molar refractivity (Wildman–Crippen MR) is 81.2 cm³/mol. The summed E-state index contributed by atoms with van der Waals surface area (Å²) in [5.41, 5.74) is 0.721. The maximum atomic E-state index is 12.0. The molecule has 0 spiro atoms. The Hall–Kier alpha value is -1.75. The van der Waals surface area contributed by atoms with Crippen LogP contribution in [0.4, 0.5) is 0 Å². The molecule has 1 aliphatic rings. The SMILES string of the molecule is CC(NCCC(=O)N1CCCCC1)c1ccc(O)cc1O. The smallest absolute Gasteiger partial charge is 0.223 e. The van der Waals surface area contributed by atoms with E-state index in [1.807, 2.05) is 11.8 Å². The number of amides is 1. The quantitative estimate of drug-likeness (QED) is 0.777. The second kappa shape index (κ2) is 7.31. The van der Waals surface area contributed by atoms with Gasteiger partial charge >= 0.3 is 0 Å². The number of likely N-dealkylation sites (tertiary alicyclic amines) is 1. The highest BCUT2D eigenvalue weighted by Gasteiger charge is 2.16. The van der Waals surface area contributed by atoms with E-state index >= 15 is 0 Å². The van der Waals surface area contributed by atoms with Gasteiger partial charge in [0.15, 0.2) is 0 Å². The van der Waals surface area contributed by atoms with Gasteiger partial charge in [-0.25, -0.2) is 0 Å². The number of phenolic OH excluding ortho intramolecular Hbond substituents is 2. The molecular weight excluding hydrogens is 268 g/mol. The summed E-state index contributed by atoms with van der Waals surface area (Å²) in [5, 5.41) is 22.3. The molecular formula is C16H24N2O3. The first-order valence-electron chi connectivity index (χ1n) is 7.61. The first-order chi connectivity index (χ1) is 10.1. The van der Waals surface area contributed by atoms with Gasteiger partial charge in [-0.3, -0.25) is 4.79 Å². The van der Waals surface area contributed by atoms with E-state index in [9.17, 15) is 15.0 Å². The molecule has 0 aliphatic carbocycles. The van der Waals surface area contributed by atoms with Gasteiger partial charge in [0.2, 0.25) is 5.91 Å². The van der Waals surface area contributed by atoms with E-state index in [-0.39, 0.29) is 23.4 Å². The van der Waals surface area contributed by atoms with Crippen molar-refractivity contribution in [2.24, 2.45) is 0 Å². The minimum atomic E-state index is -0.0697. The van der Waals surface area contributed by atoms with E-state index in [4.69, 9.17) is 0 Å². The number of aromatic hydroxyl groups is 2. The number of piperidine rings is 1. The number of hydrogen-bond acceptors (Lipinski definition) is 4. The number of nitrogens with zero attached hydrogens (tertiary/aromatic N) is 1. The molecule has 1 aromatic rings. The van der Waals surface area contributed by atoms with E-state index in [1.165, 1.54) is 12.5 Å². The van der Waals surface area contributed by atoms with Crippen LogP contribution in [-0.4, -0.2) is 40.7 Å². The van der Waals surface area contributed by atoms with Crippen molar-refractivity contribution >= 4 is 5.91 Å². The average Bonchev–Trinajstić information content (AvgIpc) is 2.47. The maximum Gasteiger partial charge on any atom is 0.223 e. The number of phenols is 2. The molecule has 2 rings (SSSR count). The van der Waals surface area contributed by atoms with Gasteiger partial charge in [-0.05, 0) is 32.3 Å². The number of carbonyl (C=O) groups is 1. The average molecular weight is 292 g/mol. The molecule has 21 heavy (non-hydrogen) atoms. The zero-order valence-corrected chi connectivity index (χ0v) is 12.5. The van der Waals surface area contributed by atoms with Gasteiger partial charge in [0, 0.05) is 43.7 Å². The van der Waals surface area contributed by atoms with Gasteiger partial charge < -0.3 is 20.4 Å². The molecule has 3 N–H and O–H groups in total. The molecule has 0 saturated carbocycles. The molecule has 1 atom stereocenters. The van der Waals surface area contributed by atoms with Crippen LogP contribution in [0.1, 0.15) is 44.2 Å². The monoisotopic (exact) mass is 292 g/mol. The van der Waals surface area contributed by atoms with Gasteiger partial charge in [0.1, 0.15) is 11.5 Å². The summed E-state index contributed by atoms with van der Waals surface area (Å²) in [4.78, 5) is 14.0. The summed E-state index contributed by atoms with van der Waals surface area (Å²) < 4.78 is 0. The Morgan fingerprint density at radius 3 is 2.67 bits per heavy atom. The molecule has 1 fully saturated rings. The molecule has 1 saturated heterocycles. The number of hydrogen-bond donors (Lipinski definition) is 3. The van der Waals surface area contributed by atoms with E-state index in [2.05, 4.69) is 5.32 Å². The van der Waals surface area contributed by atoms with Crippen molar-refractivity contribution in [2.75, 3.05) is 19.6 Å². The highest BCUT2D eigenvalue weighted by atomic mass is 16.3. The fraction of sp³-hybridized carbons (Fsp3) is 0.562. The van der Waals surface area contributed by atoms with Crippen LogP contribution >= 0.6 is 0 Å². The minimum Gasteiger partial charge on any atom is -0.508 e. The van der Waals surface area contributed by atoms with E-state index < -0.39 is 0 Å². The molecule has 0 bridgehead atoms. The number of nitrogens with one attached hydrogen (secondary N) is 1. The Morgan fingerprint density at radius 2 is 2.00 bits per heavy atom. The van der Waals surface area contributed by atoms with Gasteiger partial charge in [-0.1, -0.05) is 6.07 Å². The fourth-order valence-electron chi connectivity index (χ4n) is 2.71. The van der Waals surface area contributed by atoms with E-state index in [0.29, 0.717) is 13.0 Å². The lowest BCUT2D eigenvalue weighted by Gasteiger charge is -2.27. The molecule has 0 aromatic heterocycles. The zero-order chi connectivity index (χ0) is 15.2. The summed E-state index contributed by atoms with van der Waals surface area (Å²) >= 11 is 0. The molecule has 1 aliphatic heterocycles. The summed E-state index contributed by atoms with van der Waals surface area (Å²) in [6.45, 7) is 4.27. The van der Waals surface area contributed by atoms with E-state index in [1.54, 1.807) is 12.1 Å². The fourth-order valence-corrected chi connectivity index (χ4v) is 2.71. The number of carbonyl (C=O) groups excluding carboxylic acids is 1. The summed E-state index contributed by atoms with van der Waals surface area (Å²) in [7, 11) is 0. The third-order valence-electron chi connectivity index (χ3n) is 3.98. The Balaban J connectivity index is 1.78. The van der Waals surface area contributed by atoms with Gasteiger partial charge in [-0.15, -0.1) is 0 Å². The van der Waals surface area contributed by atoms with Crippen molar-refractivity contribution in [3.63, 3.8) is 0 Å². The van der Waals surface area contributed by atoms with Gasteiger partial charge in [0.25, 0.3) is 0 Å². The Kier molecular flexibility index (Phi) is 5.44. The molecule has 1 unspecified atom stereocenters. The van der Waals surface area contributed by atoms with E-state index in [0.717, 1.165) is 31.5 Å². The third-order valence-corrected chi connectivity index (χ3v) is 3.98. The zero-order valence-electron chi connectivity index (χ0n) is 12.5. The summed E-state index contributed by atoms with van der Waals surface area (Å²) in [5.74, 6) is 0.311. The van der Waals surface area contributed by atoms with Crippen molar-refractivity contribution in [1.82, 2.24) is 10.2 Å². The molecule has 1 amide bonds. The van der Waals surface area contributed by atoms with Crippen LogP contribution < -0.4 is 5.32 Å². The standard InChI is InChI=1S/C16H24N2O3/c1-12(14-6-5-13(19)11-15(14)20)17-8-7-16(21)18-9-3-2-4-10-18/h5-6,11-12,17,19-20H,2-4,7-10H2,1H3. The normalized spacial score (nSPS) is 16.7. The van der Waals surface area contributed by atoms with Gasteiger partial charge in [0.05, 0.1) is 0 Å². The minimum absolute atomic E-state index is 0.0451. The van der Waals surface area contributed by atoms with Crippen LogP contribution in [0.3, 0.4) is 0 Å². The highest BCUT2D eigenvalue weighted by Crippen LogP contribution is 2.27. The lowest BCUT2D eigenvalue weighted by Crippen LogP contribution is -2.37. The Morgan fingerprint density at radius 1 is 1.29 bits per heavy atom. The van der Waals surface area contributed by atoms with Crippen LogP contribution in [0.2, 0.25) is 0 Å². The van der Waals surface area contributed by atoms with Crippen LogP contribution in [0.5, 0.6) is 11.5 Å². The maximum absolute atomic E-state index is 12.0. The molecule has 5 nitrogen and oxygen atoms in total. The van der Waals surface area contributed by atoms with Crippen LogP contribution in [0.25, 0.3) is 0 Å². The van der Waals surface area contributed by atoms with Crippen LogP contribution in [0.15, 0.2) is 18.2 Å². The van der Waals surface area contributed by atoms with Crippen LogP contribution in [-0.2, 0) is 4.79 Å². The third kappa shape index (κ3) is 4.36. The van der Waals surface area contributed by atoms with Crippen molar-refractivity contribution in [2.45, 2.75) is 38.6 Å².